The number of hydrogen-bond donors (Lipinski definition) is 1. The predicted octanol–water partition coefficient (Wildman–Crippen LogP) is 3.94. The van der Waals surface area contributed by atoms with Crippen molar-refractivity contribution in [1.82, 2.24) is 14.6 Å². The topological polar surface area (TPSA) is 65.4 Å². The van der Waals surface area contributed by atoms with E-state index in [1.807, 2.05) is 12.3 Å². The first-order valence-corrected chi connectivity index (χ1v) is 8.75. The average molecular weight is 354 g/mol. The Bertz CT molecular complexity index is 761. The molecule has 0 amide bonds. The standard InChI is InChI=1S/C17H21F3N4O/c18-17(19,20)12-5-1-10(2-6-12)9-25-14-7-15-22-23-16(21)24(15)8-13(14)11-3-4-11/h7-8,10-12H,1-6,9H2,(H2,21,23). The fraction of sp³-hybridized carbons (Fsp3) is 0.647. The number of nitrogen functional groups attached to an aromatic ring is 1. The summed E-state index contributed by atoms with van der Waals surface area (Å²) in [4.78, 5) is 0. The van der Waals surface area contributed by atoms with Crippen LogP contribution in [0.5, 0.6) is 5.75 Å². The molecule has 2 aromatic heterocycles. The largest absolute Gasteiger partial charge is 0.493 e. The Labute approximate surface area is 143 Å². The molecule has 136 valence electrons. The van der Waals surface area contributed by atoms with Gasteiger partial charge >= 0.3 is 6.18 Å². The minimum Gasteiger partial charge on any atom is -0.493 e. The summed E-state index contributed by atoms with van der Waals surface area (Å²) in [5.41, 5.74) is 7.52. The molecule has 2 aliphatic carbocycles. The van der Waals surface area contributed by atoms with Gasteiger partial charge < -0.3 is 10.5 Å². The van der Waals surface area contributed by atoms with E-state index >= 15 is 0 Å². The molecule has 8 heteroatoms. The summed E-state index contributed by atoms with van der Waals surface area (Å²) in [6.45, 7) is 0.449. The molecule has 0 aliphatic heterocycles. The Kier molecular flexibility index (Phi) is 4.00. The smallest absolute Gasteiger partial charge is 0.391 e. The van der Waals surface area contributed by atoms with Gasteiger partial charge in [-0.2, -0.15) is 13.2 Å². The third kappa shape index (κ3) is 3.39. The maximum atomic E-state index is 12.8. The number of rotatable bonds is 4. The molecule has 0 bridgehead atoms. The van der Waals surface area contributed by atoms with Crippen molar-refractivity contribution < 1.29 is 17.9 Å². The van der Waals surface area contributed by atoms with Crippen LogP contribution in [0.4, 0.5) is 19.1 Å². The Morgan fingerprint density at radius 1 is 1.12 bits per heavy atom. The quantitative estimate of drug-likeness (QED) is 0.903. The number of hydrogen-bond acceptors (Lipinski definition) is 4. The van der Waals surface area contributed by atoms with Crippen molar-refractivity contribution in [1.29, 1.82) is 0 Å². The van der Waals surface area contributed by atoms with E-state index in [4.69, 9.17) is 10.5 Å². The van der Waals surface area contributed by atoms with Crippen molar-refractivity contribution in [2.75, 3.05) is 12.3 Å². The molecular formula is C17H21F3N4O. The summed E-state index contributed by atoms with van der Waals surface area (Å²) in [7, 11) is 0. The van der Waals surface area contributed by atoms with E-state index < -0.39 is 12.1 Å². The predicted molar refractivity (Wildman–Crippen MR) is 86.4 cm³/mol. The van der Waals surface area contributed by atoms with Gasteiger partial charge in [-0.3, -0.25) is 4.40 Å². The number of nitrogens with two attached hydrogens (primary N) is 1. The summed E-state index contributed by atoms with van der Waals surface area (Å²) in [6, 6.07) is 1.83. The van der Waals surface area contributed by atoms with Crippen molar-refractivity contribution in [3.05, 3.63) is 17.8 Å². The molecule has 0 spiro atoms. The minimum absolute atomic E-state index is 0.171. The Morgan fingerprint density at radius 2 is 1.84 bits per heavy atom. The van der Waals surface area contributed by atoms with Crippen LogP contribution in [0.15, 0.2) is 12.3 Å². The normalized spacial score (nSPS) is 24.6. The van der Waals surface area contributed by atoms with E-state index in [0.717, 1.165) is 24.2 Å². The van der Waals surface area contributed by atoms with Gasteiger partial charge in [0.15, 0.2) is 5.65 Å². The molecular weight excluding hydrogens is 333 g/mol. The van der Waals surface area contributed by atoms with Crippen LogP contribution in [-0.4, -0.2) is 27.4 Å². The van der Waals surface area contributed by atoms with Gasteiger partial charge in [0.1, 0.15) is 5.75 Å². The van der Waals surface area contributed by atoms with Crippen LogP contribution >= 0.6 is 0 Å². The van der Waals surface area contributed by atoms with Crippen molar-refractivity contribution in [3.63, 3.8) is 0 Å². The monoisotopic (exact) mass is 354 g/mol. The molecule has 4 rings (SSSR count). The zero-order valence-electron chi connectivity index (χ0n) is 13.8. The van der Waals surface area contributed by atoms with Gasteiger partial charge in [0.25, 0.3) is 0 Å². The summed E-state index contributed by atoms with van der Waals surface area (Å²) < 4.78 is 46.0. The summed E-state index contributed by atoms with van der Waals surface area (Å²) in [5, 5.41) is 7.88. The Hall–Kier alpha value is -1.99. The molecule has 2 N–H and O–H groups in total. The van der Waals surface area contributed by atoms with Gasteiger partial charge in [0.05, 0.1) is 12.5 Å². The molecule has 0 saturated heterocycles. The van der Waals surface area contributed by atoms with E-state index in [-0.39, 0.29) is 18.8 Å². The summed E-state index contributed by atoms with van der Waals surface area (Å²) in [6.07, 6.45) is 1.61. The van der Waals surface area contributed by atoms with Gasteiger partial charge in [0, 0.05) is 17.8 Å². The number of aromatic nitrogens is 3. The highest BCUT2D eigenvalue weighted by Crippen LogP contribution is 2.45. The Balaban J connectivity index is 1.44. The van der Waals surface area contributed by atoms with Gasteiger partial charge in [-0.25, -0.2) is 0 Å². The lowest BCUT2D eigenvalue weighted by molar-refractivity contribution is -0.184. The number of anilines is 1. The molecule has 0 aromatic carbocycles. The second-order valence-corrected chi connectivity index (χ2v) is 7.22. The molecule has 2 heterocycles. The lowest BCUT2D eigenvalue weighted by atomic mass is 9.82. The van der Waals surface area contributed by atoms with Crippen LogP contribution in [0.1, 0.15) is 50.0 Å². The van der Waals surface area contributed by atoms with Crippen LogP contribution in [-0.2, 0) is 0 Å². The highest BCUT2D eigenvalue weighted by atomic mass is 19.4. The molecule has 0 unspecified atom stereocenters. The number of fused-ring (bicyclic) bond motifs is 1. The van der Waals surface area contributed by atoms with Gasteiger partial charge in [0.2, 0.25) is 5.95 Å². The molecule has 2 aliphatic rings. The molecule has 2 saturated carbocycles. The van der Waals surface area contributed by atoms with Gasteiger partial charge in [-0.05, 0) is 50.4 Å². The van der Waals surface area contributed by atoms with Crippen LogP contribution in [0.2, 0.25) is 0 Å². The van der Waals surface area contributed by atoms with Crippen LogP contribution in [0.3, 0.4) is 0 Å². The summed E-state index contributed by atoms with van der Waals surface area (Å²) in [5.74, 6) is 0.586. The SMILES string of the molecule is Nc1nnc2cc(OCC3CCC(C(F)(F)F)CC3)c(C3CC3)cn12. The van der Waals surface area contributed by atoms with Crippen molar-refractivity contribution in [2.45, 2.75) is 50.6 Å². The van der Waals surface area contributed by atoms with E-state index in [1.54, 1.807) is 4.40 Å². The molecule has 25 heavy (non-hydrogen) atoms. The van der Waals surface area contributed by atoms with E-state index in [1.165, 1.54) is 0 Å². The van der Waals surface area contributed by atoms with Crippen LogP contribution in [0, 0.1) is 11.8 Å². The fourth-order valence-electron chi connectivity index (χ4n) is 3.64. The first-order valence-electron chi connectivity index (χ1n) is 8.75. The van der Waals surface area contributed by atoms with Crippen molar-refractivity contribution in [3.8, 4) is 5.75 Å². The average Bonchev–Trinajstić information content (AvgIpc) is 3.36. The third-order valence-electron chi connectivity index (χ3n) is 5.36. The Morgan fingerprint density at radius 3 is 2.48 bits per heavy atom. The molecule has 0 radical (unpaired) electrons. The molecule has 5 nitrogen and oxygen atoms in total. The van der Waals surface area contributed by atoms with E-state index in [0.29, 0.717) is 37.0 Å². The fourth-order valence-corrected chi connectivity index (χ4v) is 3.64. The van der Waals surface area contributed by atoms with Crippen LogP contribution in [0.25, 0.3) is 5.65 Å². The lowest BCUT2D eigenvalue weighted by Crippen LogP contribution is -2.29. The minimum atomic E-state index is -4.07. The van der Waals surface area contributed by atoms with Gasteiger partial charge in [-0.1, -0.05) is 0 Å². The molecule has 0 atom stereocenters. The maximum Gasteiger partial charge on any atom is 0.391 e. The van der Waals surface area contributed by atoms with Gasteiger partial charge in [-0.15, -0.1) is 10.2 Å². The van der Waals surface area contributed by atoms with E-state index in [2.05, 4.69) is 10.2 Å². The third-order valence-corrected chi connectivity index (χ3v) is 5.36. The first-order chi connectivity index (χ1) is 11.9. The maximum absolute atomic E-state index is 12.8. The number of ether oxygens (including phenoxy) is 1. The zero-order valence-corrected chi connectivity index (χ0v) is 13.8. The lowest BCUT2D eigenvalue weighted by Gasteiger charge is -2.29. The van der Waals surface area contributed by atoms with Crippen molar-refractivity contribution in [2.24, 2.45) is 11.8 Å². The zero-order chi connectivity index (χ0) is 17.6. The molecule has 2 fully saturated rings. The van der Waals surface area contributed by atoms with E-state index in [9.17, 15) is 13.2 Å². The number of pyridine rings is 1. The second-order valence-electron chi connectivity index (χ2n) is 7.22. The first kappa shape index (κ1) is 16.5. The number of nitrogens with zero attached hydrogens (tertiary/aromatic N) is 3. The molecule has 2 aromatic rings. The van der Waals surface area contributed by atoms with Crippen LogP contribution < -0.4 is 10.5 Å². The van der Waals surface area contributed by atoms with Crippen molar-refractivity contribution >= 4 is 11.6 Å². The number of alkyl halides is 3. The highest BCUT2D eigenvalue weighted by molar-refractivity contribution is 5.53. The summed E-state index contributed by atoms with van der Waals surface area (Å²) >= 11 is 0. The second kappa shape index (κ2) is 6.07. The highest BCUT2D eigenvalue weighted by Gasteiger charge is 2.41. The number of halogens is 3.